The van der Waals surface area contributed by atoms with E-state index in [1.54, 1.807) is 12.1 Å². The third-order valence-corrected chi connectivity index (χ3v) is 5.51. The number of likely N-dealkylation sites (tertiary alicyclic amines) is 1. The summed E-state index contributed by atoms with van der Waals surface area (Å²) in [6, 6.07) is 16.6. The minimum atomic E-state index is -0.265. The predicted molar refractivity (Wildman–Crippen MR) is 106 cm³/mol. The van der Waals surface area contributed by atoms with Gasteiger partial charge in [0, 0.05) is 31.6 Å². The number of nitrogens with two attached hydrogens (primary N) is 1. The average molecular weight is 369 g/mol. The maximum Gasteiger partial charge on any atom is 0.237 e. The number of nitrogens with zero attached hydrogens (tertiary/aromatic N) is 2. The summed E-state index contributed by atoms with van der Waals surface area (Å²) in [4.78, 5) is 16.9. The van der Waals surface area contributed by atoms with E-state index in [9.17, 15) is 9.18 Å². The Bertz CT molecular complexity index is 750. The molecular weight excluding hydrogens is 341 g/mol. The van der Waals surface area contributed by atoms with Gasteiger partial charge in [0.1, 0.15) is 5.82 Å². The average Bonchev–Trinajstić information content (AvgIpc) is 3.03. The molecule has 1 amide bonds. The van der Waals surface area contributed by atoms with E-state index in [2.05, 4.69) is 17.0 Å². The van der Waals surface area contributed by atoms with Gasteiger partial charge in [0.05, 0.1) is 12.6 Å². The second-order valence-corrected chi connectivity index (χ2v) is 7.28. The predicted octanol–water partition coefficient (Wildman–Crippen LogP) is 3.16. The lowest BCUT2D eigenvalue weighted by Gasteiger charge is -2.30. The Hall–Kier alpha value is -2.24. The van der Waals surface area contributed by atoms with Crippen molar-refractivity contribution < 1.29 is 9.18 Å². The summed E-state index contributed by atoms with van der Waals surface area (Å²) in [6.07, 6.45) is 0. The molecule has 144 valence electrons. The van der Waals surface area contributed by atoms with E-state index in [0.29, 0.717) is 19.6 Å². The van der Waals surface area contributed by atoms with Gasteiger partial charge in [-0.2, -0.15) is 0 Å². The highest BCUT2D eigenvalue weighted by molar-refractivity contribution is 5.78. The number of rotatable bonds is 6. The molecule has 0 radical (unpaired) electrons. The van der Waals surface area contributed by atoms with Crippen molar-refractivity contribution in [3.05, 3.63) is 71.5 Å². The number of amides is 1. The smallest absolute Gasteiger partial charge is 0.237 e. The van der Waals surface area contributed by atoms with Crippen LogP contribution in [0.1, 0.15) is 36.9 Å². The first-order chi connectivity index (χ1) is 13.0. The molecule has 0 aromatic heterocycles. The van der Waals surface area contributed by atoms with Crippen LogP contribution in [0.4, 0.5) is 4.39 Å². The van der Waals surface area contributed by atoms with Gasteiger partial charge < -0.3 is 10.6 Å². The highest BCUT2D eigenvalue weighted by Gasteiger charge is 2.33. The van der Waals surface area contributed by atoms with Crippen molar-refractivity contribution in [2.45, 2.75) is 31.8 Å². The zero-order valence-electron chi connectivity index (χ0n) is 16.0. The Labute approximate surface area is 160 Å². The molecule has 0 spiro atoms. The SMILES string of the molecule is CCN(C(=O)CN1C[C@@H](N)[C@H](c2ccccc2)C1)C(C)c1ccc(F)cc1. The van der Waals surface area contributed by atoms with E-state index in [1.807, 2.05) is 36.9 Å². The lowest BCUT2D eigenvalue weighted by Crippen LogP contribution is -2.41. The quantitative estimate of drug-likeness (QED) is 0.851. The summed E-state index contributed by atoms with van der Waals surface area (Å²) in [6.45, 7) is 6.43. The van der Waals surface area contributed by atoms with Crippen molar-refractivity contribution in [3.8, 4) is 0 Å². The molecule has 1 saturated heterocycles. The molecule has 2 N–H and O–H groups in total. The van der Waals surface area contributed by atoms with E-state index >= 15 is 0 Å². The molecule has 27 heavy (non-hydrogen) atoms. The van der Waals surface area contributed by atoms with Gasteiger partial charge in [-0.3, -0.25) is 9.69 Å². The van der Waals surface area contributed by atoms with E-state index in [0.717, 1.165) is 12.1 Å². The Morgan fingerprint density at radius 3 is 2.48 bits per heavy atom. The molecule has 3 rings (SSSR count). The zero-order chi connectivity index (χ0) is 19.4. The van der Waals surface area contributed by atoms with Crippen LogP contribution in [0, 0.1) is 5.82 Å². The molecule has 1 aliphatic heterocycles. The van der Waals surface area contributed by atoms with Crippen LogP contribution >= 0.6 is 0 Å². The molecule has 1 fully saturated rings. The number of carbonyl (C=O) groups excluding carboxylic acids is 1. The molecule has 0 bridgehead atoms. The number of hydrogen-bond acceptors (Lipinski definition) is 3. The van der Waals surface area contributed by atoms with Crippen LogP contribution in [0.25, 0.3) is 0 Å². The van der Waals surface area contributed by atoms with E-state index in [1.165, 1.54) is 17.7 Å². The minimum Gasteiger partial charge on any atom is -0.335 e. The van der Waals surface area contributed by atoms with Gasteiger partial charge in [-0.05, 0) is 37.1 Å². The maximum atomic E-state index is 13.2. The third kappa shape index (κ3) is 4.54. The topological polar surface area (TPSA) is 49.6 Å². The first-order valence-corrected chi connectivity index (χ1v) is 9.57. The van der Waals surface area contributed by atoms with Crippen LogP contribution in [0.3, 0.4) is 0 Å². The molecule has 4 nitrogen and oxygen atoms in total. The monoisotopic (exact) mass is 369 g/mol. The van der Waals surface area contributed by atoms with Gasteiger partial charge >= 0.3 is 0 Å². The summed E-state index contributed by atoms with van der Waals surface area (Å²) < 4.78 is 13.2. The normalized spacial score (nSPS) is 21.2. The van der Waals surface area contributed by atoms with Crippen molar-refractivity contribution in [2.24, 2.45) is 5.73 Å². The van der Waals surface area contributed by atoms with Crippen molar-refractivity contribution in [1.29, 1.82) is 0 Å². The fraction of sp³-hybridized carbons (Fsp3) is 0.409. The van der Waals surface area contributed by atoms with Crippen LogP contribution in [0.5, 0.6) is 0 Å². The second-order valence-electron chi connectivity index (χ2n) is 7.28. The number of likely N-dealkylation sites (N-methyl/N-ethyl adjacent to an activating group) is 1. The Balaban J connectivity index is 1.64. The van der Waals surface area contributed by atoms with Crippen molar-refractivity contribution in [2.75, 3.05) is 26.2 Å². The molecule has 1 aliphatic rings. The first-order valence-electron chi connectivity index (χ1n) is 9.57. The molecule has 0 aliphatic carbocycles. The van der Waals surface area contributed by atoms with Gasteiger partial charge in [0.25, 0.3) is 0 Å². The van der Waals surface area contributed by atoms with Crippen LogP contribution in [-0.4, -0.2) is 47.9 Å². The molecule has 5 heteroatoms. The first kappa shape index (κ1) is 19.5. The molecule has 2 aromatic carbocycles. The Morgan fingerprint density at radius 2 is 1.85 bits per heavy atom. The van der Waals surface area contributed by atoms with Crippen LogP contribution in [0.2, 0.25) is 0 Å². The van der Waals surface area contributed by atoms with Gasteiger partial charge in [0.15, 0.2) is 0 Å². The fourth-order valence-corrected chi connectivity index (χ4v) is 3.96. The summed E-state index contributed by atoms with van der Waals surface area (Å²) >= 11 is 0. The van der Waals surface area contributed by atoms with Gasteiger partial charge in [-0.1, -0.05) is 42.5 Å². The highest BCUT2D eigenvalue weighted by Crippen LogP contribution is 2.27. The number of carbonyl (C=O) groups is 1. The standard InChI is InChI=1S/C22H28FN3O/c1-3-26(16(2)17-9-11-19(23)12-10-17)22(27)15-25-13-20(21(24)14-25)18-7-5-4-6-8-18/h4-12,16,20-21H,3,13-15,24H2,1-2H3/t16?,20-,21+/m0/s1. The van der Waals surface area contributed by atoms with Crippen molar-refractivity contribution in [1.82, 2.24) is 9.80 Å². The van der Waals surface area contributed by atoms with Crippen LogP contribution in [-0.2, 0) is 4.79 Å². The van der Waals surface area contributed by atoms with Crippen molar-refractivity contribution >= 4 is 5.91 Å². The van der Waals surface area contributed by atoms with Gasteiger partial charge in [0.2, 0.25) is 5.91 Å². The molecule has 2 aromatic rings. The largest absolute Gasteiger partial charge is 0.335 e. The number of hydrogen-bond donors (Lipinski definition) is 1. The Kier molecular flexibility index (Phi) is 6.24. The molecule has 1 heterocycles. The number of benzene rings is 2. The fourth-order valence-electron chi connectivity index (χ4n) is 3.96. The van der Waals surface area contributed by atoms with Gasteiger partial charge in [-0.15, -0.1) is 0 Å². The minimum absolute atomic E-state index is 0.0322. The van der Waals surface area contributed by atoms with E-state index in [-0.39, 0.29) is 29.7 Å². The van der Waals surface area contributed by atoms with Crippen LogP contribution in [0.15, 0.2) is 54.6 Å². The summed E-state index contributed by atoms with van der Waals surface area (Å²) in [7, 11) is 0. The van der Waals surface area contributed by atoms with Crippen LogP contribution < -0.4 is 5.73 Å². The lowest BCUT2D eigenvalue weighted by atomic mass is 9.95. The summed E-state index contributed by atoms with van der Waals surface area (Å²) in [5.41, 5.74) is 8.51. The third-order valence-electron chi connectivity index (χ3n) is 5.51. The van der Waals surface area contributed by atoms with E-state index < -0.39 is 0 Å². The molecule has 3 atom stereocenters. The Morgan fingerprint density at radius 1 is 1.19 bits per heavy atom. The molecule has 0 saturated carbocycles. The maximum absolute atomic E-state index is 13.2. The summed E-state index contributed by atoms with van der Waals surface area (Å²) in [5, 5.41) is 0. The van der Waals surface area contributed by atoms with Crippen molar-refractivity contribution in [3.63, 3.8) is 0 Å². The van der Waals surface area contributed by atoms with E-state index in [4.69, 9.17) is 5.73 Å². The molecule has 1 unspecified atom stereocenters. The molecular formula is C22H28FN3O. The number of halogens is 1. The second kappa shape index (κ2) is 8.63. The summed E-state index contributed by atoms with van der Waals surface area (Å²) in [5.74, 6) is 0.0668. The highest BCUT2D eigenvalue weighted by atomic mass is 19.1. The zero-order valence-corrected chi connectivity index (χ0v) is 16.0. The lowest BCUT2D eigenvalue weighted by molar-refractivity contribution is -0.134. The van der Waals surface area contributed by atoms with Gasteiger partial charge in [-0.25, -0.2) is 4.39 Å².